The first-order valence-electron chi connectivity index (χ1n) is 5.92. The van der Waals surface area contributed by atoms with Crippen molar-refractivity contribution in [2.75, 3.05) is 26.9 Å². The molecule has 3 heteroatoms. The first-order valence-corrected chi connectivity index (χ1v) is 5.92. The minimum atomic E-state index is 0.291. The summed E-state index contributed by atoms with van der Waals surface area (Å²) in [6, 6.07) is 0.542. The standard InChI is InChI=1S/C12H25NO2/c1-10(2)13-8-12(5-6-15-9-12)7-11(3)14-4/h10-11,13H,5-9H2,1-4H3. The van der Waals surface area contributed by atoms with E-state index < -0.39 is 0 Å². The molecule has 1 aliphatic rings. The Balaban J connectivity index is 2.46. The maximum Gasteiger partial charge on any atom is 0.0549 e. The lowest BCUT2D eigenvalue weighted by atomic mass is 9.81. The van der Waals surface area contributed by atoms with E-state index in [1.54, 1.807) is 7.11 Å². The second kappa shape index (κ2) is 5.83. The predicted molar refractivity (Wildman–Crippen MR) is 62.1 cm³/mol. The lowest BCUT2D eigenvalue weighted by Gasteiger charge is -2.31. The van der Waals surface area contributed by atoms with E-state index >= 15 is 0 Å². The van der Waals surface area contributed by atoms with Crippen LogP contribution >= 0.6 is 0 Å². The summed E-state index contributed by atoms with van der Waals surface area (Å²) in [5.74, 6) is 0. The normalized spacial score (nSPS) is 28.6. The van der Waals surface area contributed by atoms with Gasteiger partial charge < -0.3 is 14.8 Å². The fourth-order valence-corrected chi connectivity index (χ4v) is 2.14. The maximum atomic E-state index is 5.54. The van der Waals surface area contributed by atoms with Gasteiger partial charge in [0.25, 0.3) is 0 Å². The van der Waals surface area contributed by atoms with Gasteiger partial charge in [0.15, 0.2) is 0 Å². The van der Waals surface area contributed by atoms with Crippen LogP contribution in [0.15, 0.2) is 0 Å². The van der Waals surface area contributed by atoms with E-state index in [0.717, 1.165) is 32.6 Å². The van der Waals surface area contributed by atoms with Gasteiger partial charge in [0, 0.05) is 31.7 Å². The molecule has 0 amide bonds. The third-order valence-electron chi connectivity index (χ3n) is 3.19. The van der Waals surface area contributed by atoms with Crippen molar-refractivity contribution in [2.45, 2.75) is 45.8 Å². The van der Waals surface area contributed by atoms with Gasteiger partial charge >= 0.3 is 0 Å². The third-order valence-corrected chi connectivity index (χ3v) is 3.19. The molecule has 2 atom stereocenters. The van der Waals surface area contributed by atoms with Crippen molar-refractivity contribution in [3.63, 3.8) is 0 Å². The van der Waals surface area contributed by atoms with Crippen LogP contribution in [0.1, 0.15) is 33.6 Å². The number of ether oxygens (including phenoxy) is 2. The summed E-state index contributed by atoms with van der Waals surface area (Å²) in [6.45, 7) is 9.32. The van der Waals surface area contributed by atoms with Gasteiger partial charge in [-0.15, -0.1) is 0 Å². The van der Waals surface area contributed by atoms with E-state index in [1.807, 2.05) is 0 Å². The van der Waals surface area contributed by atoms with Crippen LogP contribution in [0.5, 0.6) is 0 Å². The first-order chi connectivity index (χ1) is 7.08. The molecule has 0 spiro atoms. The molecule has 2 unspecified atom stereocenters. The highest BCUT2D eigenvalue weighted by atomic mass is 16.5. The zero-order valence-electron chi connectivity index (χ0n) is 10.5. The van der Waals surface area contributed by atoms with Gasteiger partial charge in [-0.2, -0.15) is 0 Å². The van der Waals surface area contributed by atoms with Crippen molar-refractivity contribution in [3.8, 4) is 0 Å². The molecule has 1 rings (SSSR count). The molecule has 1 heterocycles. The van der Waals surface area contributed by atoms with Gasteiger partial charge in [-0.3, -0.25) is 0 Å². The molecule has 0 aromatic heterocycles. The fraction of sp³-hybridized carbons (Fsp3) is 1.00. The molecule has 0 aromatic rings. The number of rotatable bonds is 6. The summed E-state index contributed by atoms with van der Waals surface area (Å²) in [4.78, 5) is 0. The van der Waals surface area contributed by atoms with Gasteiger partial charge in [-0.05, 0) is 19.8 Å². The SMILES string of the molecule is COC(C)CC1(CNC(C)C)CCOC1. The molecule has 1 aliphatic heterocycles. The summed E-state index contributed by atoms with van der Waals surface area (Å²) < 4.78 is 10.9. The molecule has 90 valence electrons. The van der Waals surface area contributed by atoms with E-state index in [9.17, 15) is 0 Å². The predicted octanol–water partition coefficient (Wildman–Crippen LogP) is 1.82. The molecule has 0 bridgehead atoms. The van der Waals surface area contributed by atoms with Gasteiger partial charge in [0.1, 0.15) is 0 Å². The zero-order chi connectivity index (χ0) is 11.3. The second-order valence-electron chi connectivity index (χ2n) is 5.09. The fourth-order valence-electron chi connectivity index (χ4n) is 2.14. The Bertz CT molecular complexity index is 176. The van der Waals surface area contributed by atoms with Crippen molar-refractivity contribution in [1.82, 2.24) is 5.32 Å². The second-order valence-corrected chi connectivity index (χ2v) is 5.09. The number of hydrogen-bond donors (Lipinski definition) is 1. The largest absolute Gasteiger partial charge is 0.382 e. The van der Waals surface area contributed by atoms with Crippen molar-refractivity contribution < 1.29 is 9.47 Å². The number of hydrogen-bond acceptors (Lipinski definition) is 3. The van der Waals surface area contributed by atoms with Gasteiger partial charge in [-0.25, -0.2) is 0 Å². The molecule has 1 saturated heterocycles. The highest BCUT2D eigenvalue weighted by Crippen LogP contribution is 2.33. The molecule has 3 nitrogen and oxygen atoms in total. The molecule has 0 aromatic carbocycles. The molecular formula is C12H25NO2. The number of nitrogens with one attached hydrogen (secondary N) is 1. The summed E-state index contributed by atoms with van der Waals surface area (Å²) in [7, 11) is 1.78. The van der Waals surface area contributed by atoms with Crippen LogP contribution in [-0.2, 0) is 9.47 Å². The summed E-state index contributed by atoms with van der Waals surface area (Å²) in [6.07, 6.45) is 2.56. The smallest absolute Gasteiger partial charge is 0.0549 e. The van der Waals surface area contributed by atoms with E-state index in [0.29, 0.717) is 17.6 Å². The highest BCUT2D eigenvalue weighted by Gasteiger charge is 2.36. The topological polar surface area (TPSA) is 30.5 Å². The Morgan fingerprint density at radius 1 is 1.40 bits per heavy atom. The summed E-state index contributed by atoms with van der Waals surface area (Å²) in [5, 5.41) is 3.52. The van der Waals surface area contributed by atoms with E-state index in [4.69, 9.17) is 9.47 Å². The quantitative estimate of drug-likeness (QED) is 0.733. The average Bonchev–Trinajstić information content (AvgIpc) is 2.64. The average molecular weight is 215 g/mol. The molecule has 0 radical (unpaired) electrons. The summed E-state index contributed by atoms with van der Waals surface area (Å²) >= 11 is 0. The Morgan fingerprint density at radius 2 is 2.13 bits per heavy atom. The molecule has 1 fully saturated rings. The highest BCUT2D eigenvalue weighted by molar-refractivity contribution is 4.87. The number of methoxy groups -OCH3 is 1. The van der Waals surface area contributed by atoms with Crippen molar-refractivity contribution in [2.24, 2.45) is 5.41 Å². The Hall–Kier alpha value is -0.120. The van der Waals surface area contributed by atoms with Crippen LogP contribution in [0.2, 0.25) is 0 Å². The Morgan fingerprint density at radius 3 is 2.60 bits per heavy atom. The van der Waals surface area contributed by atoms with Crippen LogP contribution < -0.4 is 5.32 Å². The first kappa shape index (κ1) is 12.9. The molecular weight excluding hydrogens is 190 g/mol. The Kier molecular flexibility index (Phi) is 5.03. The lowest BCUT2D eigenvalue weighted by Crippen LogP contribution is -2.40. The maximum absolute atomic E-state index is 5.54. The lowest BCUT2D eigenvalue weighted by molar-refractivity contribution is 0.0537. The van der Waals surface area contributed by atoms with Crippen LogP contribution in [0.3, 0.4) is 0 Å². The van der Waals surface area contributed by atoms with Gasteiger partial charge in [0.2, 0.25) is 0 Å². The molecule has 0 saturated carbocycles. The van der Waals surface area contributed by atoms with Crippen LogP contribution in [0.4, 0.5) is 0 Å². The molecule has 15 heavy (non-hydrogen) atoms. The van der Waals surface area contributed by atoms with E-state index in [1.165, 1.54) is 0 Å². The van der Waals surface area contributed by atoms with Crippen LogP contribution in [0.25, 0.3) is 0 Å². The van der Waals surface area contributed by atoms with Crippen molar-refractivity contribution >= 4 is 0 Å². The van der Waals surface area contributed by atoms with Crippen LogP contribution in [0, 0.1) is 5.41 Å². The van der Waals surface area contributed by atoms with Crippen LogP contribution in [-0.4, -0.2) is 39.0 Å². The van der Waals surface area contributed by atoms with E-state index in [-0.39, 0.29) is 0 Å². The zero-order valence-corrected chi connectivity index (χ0v) is 10.5. The third kappa shape index (κ3) is 4.09. The van der Waals surface area contributed by atoms with E-state index in [2.05, 4.69) is 26.1 Å². The van der Waals surface area contributed by atoms with Crippen molar-refractivity contribution in [3.05, 3.63) is 0 Å². The van der Waals surface area contributed by atoms with Gasteiger partial charge in [0.05, 0.1) is 12.7 Å². The Labute approximate surface area is 93.5 Å². The molecule has 1 N–H and O–H groups in total. The minimum Gasteiger partial charge on any atom is -0.382 e. The minimum absolute atomic E-state index is 0.291. The summed E-state index contributed by atoms with van der Waals surface area (Å²) in [5.41, 5.74) is 0.291. The molecule has 0 aliphatic carbocycles. The van der Waals surface area contributed by atoms with Crippen molar-refractivity contribution in [1.29, 1.82) is 0 Å². The monoisotopic (exact) mass is 215 g/mol. The van der Waals surface area contributed by atoms with Gasteiger partial charge in [-0.1, -0.05) is 13.8 Å².